The molecule has 5 heteroatoms. The maximum absolute atomic E-state index is 10.7. The molecule has 0 saturated carbocycles. The predicted octanol–water partition coefficient (Wildman–Crippen LogP) is 0.872. The second-order valence-electron chi connectivity index (χ2n) is 3.20. The number of benzene rings is 1. The molecule has 78 valence electrons. The molecule has 0 bridgehead atoms. The lowest BCUT2D eigenvalue weighted by Crippen LogP contribution is -2.13. The van der Waals surface area contributed by atoms with Crippen molar-refractivity contribution in [3.05, 3.63) is 24.0 Å². The fourth-order valence-corrected chi connectivity index (χ4v) is 1.40. The van der Waals surface area contributed by atoms with Gasteiger partial charge in [0.05, 0.1) is 11.8 Å². The van der Waals surface area contributed by atoms with Gasteiger partial charge < -0.3 is 20.4 Å². The second-order valence-corrected chi connectivity index (χ2v) is 3.20. The molecular formula is C10H9NO4. The zero-order valence-corrected chi connectivity index (χ0v) is 7.73. The Labute approximate surface area is 84.7 Å². The van der Waals surface area contributed by atoms with Gasteiger partial charge in [-0.25, -0.2) is 0 Å². The minimum atomic E-state index is -0.589. The van der Waals surface area contributed by atoms with Crippen LogP contribution < -0.4 is 5.73 Å². The minimum absolute atomic E-state index is 0.0295. The Morgan fingerprint density at radius 1 is 1.40 bits per heavy atom. The maximum Gasteiger partial charge on any atom is 0.225 e. The summed E-state index contributed by atoms with van der Waals surface area (Å²) in [5, 5.41) is 19.3. The molecular weight excluding hydrogens is 198 g/mol. The molecule has 0 aliphatic rings. The molecule has 5 nitrogen and oxygen atoms in total. The summed E-state index contributed by atoms with van der Waals surface area (Å²) in [7, 11) is 0. The summed E-state index contributed by atoms with van der Waals surface area (Å²) in [5.74, 6) is -0.553. The van der Waals surface area contributed by atoms with Crippen LogP contribution in [0.2, 0.25) is 0 Å². The highest BCUT2D eigenvalue weighted by Crippen LogP contribution is 2.33. The monoisotopic (exact) mass is 207 g/mol. The van der Waals surface area contributed by atoms with Crippen LogP contribution >= 0.6 is 0 Å². The molecule has 1 amide bonds. The fourth-order valence-electron chi connectivity index (χ4n) is 1.40. The van der Waals surface area contributed by atoms with E-state index in [1.165, 1.54) is 18.2 Å². The molecule has 2 aromatic rings. The Kier molecular flexibility index (Phi) is 2.00. The van der Waals surface area contributed by atoms with Gasteiger partial charge in [0.15, 0.2) is 11.5 Å². The number of amides is 1. The molecule has 1 heterocycles. The molecule has 0 aliphatic carbocycles. The summed E-state index contributed by atoms with van der Waals surface area (Å²) in [6.07, 6.45) is -0.165. The van der Waals surface area contributed by atoms with Gasteiger partial charge in [0.2, 0.25) is 5.91 Å². The number of nitrogens with two attached hydrogens (primary N) is 1. The van der Waals surface area contributed by atoms with Crippen molar-refractivity contribution in [2.75, 3.05) is 0 Å². The normalized spacial score (nSPS) is 10.7. The summed E-state index contributed by atoms with van der Waals surface area (Å²) < 4.78 is 5.18. The van der Waals surface area contributed by atoms with Crippen LogP contribution in [-0.4, -0.2) is 16.1 Å². The lowest BCUT2D eigenvalue weighted by atomic mass is 10.2. The number of phenols is 1. The van der Waals surface area contributed by atoms with Crippen LogP contribution in [0.3, 0.4) is 0 Å². The number of hydrogen-bond donors (Lipinski definition) is 3. The largest absolute Gasteiger partial charge is 0.508 e. The first kappa shape index (κ1) is 9.39. The predicted molar refractivity (Wildman–Crippen MR) is 52.4 cm³/mol. The number of fused-ring (bicyclic) bond motifs is 1. The SMILES string of the molecule is NC(=O)Cc1oc2cc(O)ccc2c1O. The molecule has 0 fully saturated rings. The standard InChI is InChI=1S/C10H9NO4/c11-9(13)4-8-10(14)6-2-1-5(12)3-7(6)15-8/h1-3,12,14H,4H2,(H2,11,13). The topological polar surface area (TPSA) is 96.7 Å². The van der Waals surface area contributed by atoms with Gasteiger partial charge in [-0.3, -0.25) is 4.79 Å². The van der Waals surface area contributed by atoms with Gasteiger partial charge >= 0.3 is 0 Å². The molecule has 0 spiro atoms. The van der Waals surface area contributed by atoms with Crippen LogP contribution in [-0.2, 0) is 11.2 Å². The van der Waals surface area contributed by atoms with E-state index < -0.39 is 5.91 Å². The molecule has 0 atom stereocenters. The molecule has 0 saturated heterocycles. The first-order valence-corrected chi connectivity index (χ1v) is 4.29. The zero-order chi connectivity index (χ0) is 11.0. The highest BCUT2D eigenvalue weighted by atomic mass is 16.4. The van der Waals surface area contributed by atoms with Crippen molar-refractivity contribution in [2.24, 2.45) is 5.73 Å². The van der Waals surface area contributed by atoms with Crippen molar-refractivity contribution in [3.63, 3.8) is 0 Å². The van der Waals surface area contributed by atoms with Crippen LogP contribution in [0.5, 0.6) is 11.5 Å². The number of aromatic hydroxyl groups is 2. The maximum atomic E-state index is 10.7. The van der Waals surface area contributed by atoms with E-state index in [1.54, 1.807) is 0 Å². The van der Waals surface area contributed by atoms with Gasteiger partial charge in [0.1, 0.15) is 11.3 Å². The number of rotatable bonds is 2. The van der Waals surface area contributed by atoms with Gasteiger partial charge in [-0.2, -0.15) is 0 Å². The summed E-state index contributed by atoms with van der Waals surface area (Å²) in [5.41, 5.74) is 5.31. The van der Waals surface area contributed by atoms with Crippen molar-refractivity contribution in [2.45, 2.75) is 6.42 Å². The smallest absolute Gasteiger partial charge is 0.225 e. The van der Waals surface area contributed by atoms with E-state index in [1.807, 2.05) is 0 Å². The van der Waals surface area contributed by atoms with E-state index in [2.05, 4.69) is 0 Å². The Morgan fingerprint density at radius 2 is 2.13 bits per heavy atom. The molecule has 0 aliphatic heterocycles. The molecule has 1 aromatic heterocycles. The number of carbonyl (C=O) groups excluding carboxylic acids is 1. The Hall–Kier alpha value is -2.17. The molecule has 0 radical (unpaired) electrons. The molecule has 1 aromatic carbocycles. The third-order valence-electron chi connectivity index (χ3n) is 2.05. The number of phenolic OH excluding ortho intramolecular Hbond substituents is 1. The number of primary amides is 1. The number of furan rings is 1. The fraction of sp³-hybridized carbons (Fsp3) is 0.100. The van der Waals surface area contributed by atoms with Gasteiger partial charge in [-0.05, 0) is 12.1 Å². The first-order valence-electron chi connectivity index (χ1n) is 4.29. The third kappa shape index (κ3) is 1.59. The second kappa shape index (κ2) is 3.20. The van der Waals surface area contributed by atoms with Crippen molar-refractivity contribution in [3.8, 4) is 11.5 Å². The first-order chi connectivity index (χ1) is 7.08. The summed E-state index contributed by atoms with van der Waals surface area (Å²) in [6, 6.07) is 4.29. The van der Waals surface area contributed by atoms with E-state index >= 15 is 0 Å². The van der Waals surface area contributed by atoms with E-state index in [4.69, 9.17) is 10.2 Å². The van der Waals surface area contributed by atoms with Crippen LogP contribution in [0.25, 0.3) is 11.0 Å². The van der Waals surface area contributed by atoms with Gasteiger partial charge in [0.25, 0.3) is 0 Å². The average Bonchev–Trinajstić information content (AvgIpc) is 2.42. The van der Waals surface area contributed by atoms with E-state index in [9.17, 15) is 15.0 Å². The number of hydrogen-bond acceptors (Lipinski definition) is 4. The summed E-state index contributed by atoms with van der Waals surface area (Å²) >= 11 is 0. The van der Waals surface area contributed by atoms with Crippen molar-refractivity contribution < 1.29 is 19.4 Å². The van der Waals surface area contributed by atoms with Gasteiger partial charge in [0, 0.05) is 6.07 Å². The van der Waals surface area contributed by atoms with Crippen LogP contribution in [0.1, 0.15) is 5.76 Å². The van der Waals surface area contributed by atoms with Crippen LogP contribution in [0.15, 0.2) is 22.6 Å². The average molecular weight is 207 g/mol. The number of carbonyl (C=O) groups is 1. The lowest BCUT2D eigenvalue weighted by molar-refractivity contribution is -0.117. The third-order valence-corrected chi connectivity index (χ3v) is 2.05. The lowest BCUT2D eigenvalue weighted by Gasteiger charge is -1.91. The Balaban J connectivity index is 2.58. The van der Waals surface area contributed by atoms with E-state index in [-0.39, 0.29) is 23.7 Å². The van der Waals surface area contributed by atoms with E-state index in [0.717, 1.165) is 0 Å². The quantitative estimate of drug-likeness (QED) is 0.680. The Bertz CT molecular complexity index is 529. The molecule has 0 unspecified atom stereocenters. The molecule has 15 heavy (non-hydrogen) atoms. The highest BCUT2D eigenvalue weighted by molar-refractivity contribution is 5.88. The molecule has 4 N–H and O–H groups in total. The minimum Gasteiger partial charge on any atom is -0.508 e. The Morgan fingerprint density at radius 3 is 2.80 bits per heavy atom. The van der Waals surface area contributed by atoms with Crippen molar-refractivity contribution in [1.82, 2.24) is 0 Å². The van der Waals surface area contributed by atoms with Crippen LogP contribution in [0, 0.1) is 0 Å². The van der Waals surface area contributed by atoms with Crippen molar-refractivity contribution in [1.29, 1.82) is 0 Å². The summed E-state index contributed by atoms with van der Waals surface area (Å²) in [6.45, 7) is 0. The van der Waals surface area contributed by atoms with Crippen molar-refractivity contribution >= 4 is 16.9 Å². The molecule has 2 rings (SSSR count). The summed E-state index contributed by atoms with van der Waals surface area (Å²) in [4.78, 5) is 10.7. The highest BCUT2D eigenvalue weighted by Gasteiger charge is 2.15. The van der Waals surface area contributed by atoms with E-state index in [0.29, 0.717) is 11.0 Å². The van der Waals surface area contributed by atoms with Gasteiger partial charge in [-0.1, -0.05) is 0 Å². The van der Waals surface area contributed by atoms with Crippen LogP contribution in [0.4, 0.5) is 0 Å². The zero-order valence-electron chi connectivity index (χ0n) is 7.73. The van der Waals surface area contributed by atoms with Gasteiger partial charge in [-0.15, -0.1) is 0 Å².